The fourth-order valence-corrected chi connectivity index (χ4v) is 2.56. The largest absolute Gasteiger partial charge is 0.486 e. The number of anilines is 1. The van der Waals surface area contributed by atoms with Crippen molar-refractivity contribution >= 4 is 28.3 Å². The Morgan fingerprint density at radius 1 is 1.24 bits per heavy atom. The van der Waals surface area contributed by atoms with E-state index in [4.69, 9.17) is 21.0 Å². The zero-order chi connectivity index (χ0) is 15.4. The van der Waals surface area contributed by atoms with Crippen LogP contribution in [0.1, 0.15) is 16.7 Å². The summed E-state index contributed by atoms with van der Waals surface area (Å²) in [5, 5.41) is 17.6. The molecule has 0 aliphatic carbocycles. The van der Waals surface area contributed by atoms with Crippen LogP contribution >= 0.6 is 22.6 Å². The molecule has 0 fully saturated rings. The maximum absolute atomic E-state index is 13.9. The van der Waals surface area contributed by atoms with E-state index in [1.54, 1.807) is 24.3 Å². The van der Waals surface area contributed by atoms with Gasteiger partial charge in [-0.1, -0.05) is 12.1 Å². The highest BCUT2D eigenvalue weighted by Gasteiger charge is 2.12. The molecule has 0 spiro atoms. The summed E-state index contributed by atoms with van der Waals surface area (Å²) in [6, 6.07) is 11.4. The molecule has 6 heteroatoms. The Kier molecular flexibility index (Phi) is 4.61. The van der Waals surface area contributed by atoms with E-state index in [-0.39, 0.29) is 17.7 Å². The SMILES string of the molecule is N#Cc1cc(N)c(OCc2cccc(C#N)c2F)c(I)c1. The zero-order valence-corrected chi connectivity index (χ0v) is 12.9. The fourth-order valence-electron chi connectivity index (χ4n) is 1.76. The van der Waals surface area contributed by atoms with Crippen LogP contribution < -0.4 is 10.5 Å². The molecule has 0 saturated carbocycles. The van der Waals surface area contributed by atoms with Crippen LogP contribution in [-0.2, 0) is 6.61 Å². The van der Waals surface area contributed by atoms with Crippen LogP contribution in [0.25, 0.3) is 0 Å². The molecule has 0 radical (unpaired) electrons. The van der Waals surface area contributed by atoms with Gasteiger partial charge in [-0.3, -0.25) is 0 Å². The van der Waals surface area contributed by atoms with Gasteiger partial charge in [-0.05, 0) is 40.8 Å². The van der Waals surface area contributed by atoms with E-state index in [0.717, 1.165) is 0 Å². The van der Waals surface area contributed by atoms with Crippen LogP contribution in [0.15, 0.2) is 30.3 Å². The van der Waals surface area contributed by atoms with Gasteiger partial charge in [0, 0.05) is 5.56 Å². The average Bonchev–Trinajstić information content (AvgIpc) is 2.47. The van der Waals surface area contributed by atoms with E-state index in [1.807, 2.05) is 28.7 Å². The number of ether oxygens (including phenoxy) is 1. The summed E-state index contributed by atoms with van der Waals surface area (Å²) in [4.78, 5) is 0. The van der Waals surface area contributed by atoms with Gasteiger partial charge in [-0.15, -0.1) is 0 Å². The molecule has 2 aromatic carbocycles. The molecule has 0 amide bonds. The zero-order valence-electron chi connectivity index (χ0n) is 10.7. The fraction of sp³-hybridized carbons (Fsp3) is 0.0667. The number of benzene rings is 2. The van der Waals surface area contributed by atoms with Crippen molar-refractivity contribution in [2.45, 2.75) is 6.61 Å². The second-order valence-corrected chi connectivity index (χ2v) is 5.33. The molecule has 0 aliphatic rings. The average molecular weight is 393 g/mol. The van der Waals surface area contributed by atoms with Crippen molar-refractivity contribution in [2.24, 2.45) is 0 Å². The number of nitrogen functional groups attached to an aromatic ring is 1. The molecule has 104 valence electrons. The van der Waals surface area contributed by atoms with Crippen LogP contribution in [0.5, 0.6) is 5.75 Å². The van der Waals surface area contributed by atoms with E-state index < -0.39 is 5.82 Å². The van der Waals surface area contributed by atoms with Gasteiger partial charge in [0.15, 0.2) is 5.75 Å². The monoisotopic (exact) mass is 393 g/mol. The third-order valence-corrected chi connectivity index (χ3v) is 3.57. The second kappa shape index (κ2) is 6.42. The molecule has 2 rings (SSSR count). The number of nitriles is 2. The van der Waals surface area contributed by atoms with Crippen molar-refractivity contribution < 1.29 is 9.13 Å². The van der Waals surface area contributed by atoms with Crippen molar-refractivity contribution in [2.75, 3.05) is 5.73 Å². The van der Waals surface area contributed by atoms with Gasteiger partial charge in [0.25, 0.3) is 0 Å². The second-order valence-electron chi connectivity index (χ2n) is 4.17. The van der Waals surface area contributed by atoms with Crippen molar-refractivity contribution in [3.05, 3.63) is 56.4 Å². The van der Waals surface area contributed by atoms with Crippen molar-refractivity contribution in [1.82, 2.24) is 0 Å². The number of halogens is 2. The first-order valence-corrected chi connectivity index (χ1v) is 6.94. The Labute approximate surface area is 134 Å². The lowest BCUT2D eigenvalue weighted by molar-refractivity contribution is 0.299. The van der Waals surface area contributed by atoms with Crippen LogP contribution in [0.4, 0.5) is 10.1 Å². The Morgan fingerprint density at radius 2 is 2.00 bits per heavy atom. The molecule has 4 nitrogen and oxygen atoms in total. The van der Waals surface area contributed by atoms with Gasteiger partial charge in [0.1, 0.15) is 18.5 Å². The summed E-state index contributed by atoms with van der Waals surface area (Å²) in [6.45, 7) is -0.0482. The minimum Gasteiger partial charge on any atom is -0.486 e. The molecule has 2 N–H and O–H groups in total. The molecular formula is C15H9FIN3O. The number of hydrogen-bond acceptors (Lipinski definition) is 4. The first-order valence-electron chi connectivity index (χ1n) is 5.86. The van der Waals surface area contributed by atoms with Gasteiger partial charge in [0.2, 0.25) is 0 Å². The summed E-state index contributed by atoms with van der Waals surface area (Å²) in [6.07, 6.45) is 0. The smallest absolute Gasteiger partial charge is 0.156 e. The first-order chi connectivity index (χ1) is 10.1. The lowest BCUT2D eigenvalue weighted by Crippen LogP contribution is -2.04. The summed E-state index contributed by atoms with van der Waals surface area (Å²) in [5.41, 5.74) is 6.82. The lowest BCUT2D eigenvalue weighted by atomic mass is 10.1. The summed E-state index contributed by atoms with van der Waals surface area (Å²) in [5.74, 6) is -0.196. The standard InChI is InChI=1S/C15H9FIN3O/c16-14-10(7-19)2-1-3-11(14)8-21-15-12(17)4-9(6-18)5-13(15)20/h1-5H,8,20H2. The van der Waals surface area contributed by atoms with E-state index in [2.05, 4.69) is 0 Å². The van der Waals surface area contributed by atoms with Crippen molar-refractivity contribution in [1.29, 1.82) is 10.5 Å². The van der Waals surface area contributed by atoms with Gasteiger partial charge < -0.3 is 10.5 Å². The van der Waals surface area contributed by atoms with Crippen LogP contribution in [-0.4, -0.2) is 0 Å². The quantitative estimate of drug-likeness (QED) is 0.641. The minimum absolute atomic E-state index is 0.0291. The van der Waals surface area contributed by atoms with E-state index in [0.29, 0.717) is 20.6 Å². The first kappa shape index (κ1) is 15.1. The van der Waals surface area contributed by atoms with E-state index >= 15 is 0 Å². The van der Waals surface area contributed by atoms with Crippen LogP contribution in [0.2, 0.25) is 0 Å². The highest BCUT2D eigenvalue weighted by atomic mass is 127. The van der Waals surface area contributed by atoms with Gasteiger partial charge in [-0.2, -0.15) is 10.5 Å². The minimum atomic E-state index is -0.595. The number of nitrogens with zero attached hydrogens (tertiary/aromatic N) is 2. The Balaban J connectivity index is 2.26. The summed E-state index contributed by atoms with van der Waals surface area (Å²) >= 11 is 2.00. The summed E-state index contributed by atoms with van der Waals surface area (Å²) in [7, 11) is 0. The topological polar surface area (TPSA) is 82.8 Å². The van der Waals surface area contributed by atoms with Gasteiger partial charge in [-0.25, -0.2) is 4.39 Å². The van der Waals surface area contributed by atoms with E-state index in [1.165, 1.54) is 12.1 Å². The maximum atomic E-state index is 13.9. The molecule has 0 atom stereocenters. The van der Waals surface area contributed by atoms with Crippen LogP contribution in [0, 0.1) is 32.0 Å². The third kappa shape index (κ3) is 3.23. The highest BCUT2D eigenvalue weighted by Crippen LogP contribution is 2.30. The molecule has 0 bridgehead atoms. The van der Waals surface area contributed by atoms with Crippen molar-refractivity contribution in [3.8, 4) is 17.9 Å². The molecule has 0 unspecified atom stereocenters. The predicted octanol–water partition coefficient (Wildman–Crippen LogP) is 3.33. The van der Waals surface area contributed by atoms with Gasteiger partial charge in [0.05, 0.1) is 26.5 Å². The molecule has 21 heavy (non-hydrogen) atoms. The highest BCUT2D eigenvalue weighted by molar-refractivity contribution is 14.1. The third-order valence-electron chi connectivity index (χ3n) is 2.77. The van der Waals surface area contributed by atoms with Crippen LogP contribution in [0.3, 0.4) is 0 Å². The Hall–Kier alpha value is -2.32. The molecule has 2 aromatic rings. The maximum Gasteiger partial charge on any atom is 0.156 e. The molecule has 0 aliphatic heterocycles. The number of nitrogens with two attached hydrogens (primary N) is 1. The van der Waals surface area contributed by atoms with Gasteiger partial charge >= 0.3 is 0 Å². The Morgan fingerprint density at radius 3 is 2.62 bits per heavy atom. The molecular weight excluding hydrogens is 384 g/mol. The number of hydrogen-bond donors (Lipinski definition) is 1. The normalized spacial score (nSPS) is 9.71. The molecule has 0 heterocycles. The van der Waals surface area contributed by atoms with E-state index in [9.17, 15) is 4.39 Å². The van der Waals surface area contributed by atoms with Crippen molar-refractivity contribution in [3.63, 3.8) is 0 Å². The predicted molar refractivity (Wildman–Crippen MR) is 83.7 cm³/mol. The molecule has 0 aromatic heterocycles. The summed E-state index contributed by atoms with van der Waals surface area (Å²) < 4.78 is 20.1. The molecule has 0 saturated heterocycles. The lowest BCUT2D eigenvalue weighted by Gasteiger charge is -2.12. The number of rotatable bonds is 3. The Bertz CT molecular complexity index is 754.